The Morgan fingerprint density at radius 3 is 2.19 bits per heavy atom. The first kappa shape index (κ1) is 21.0. The Labute approximate surface area is 184 Å². The van der Waals surface area contributed by atoms with Gasteiger partial charge in [0.15, 0.2) is 0 Å². The molecule has 1 aliphatic rings. The van der Waals surface area contributed by atoms with E-state index in [-0.39, 0.29) is 16.7 Å². The van der Waals surface area contributed by atoms with Crippen LogP contribution in [0.15, 0.2) is 60.7 Å². The number of carbonyl (C=O) groups is 1. The van der Waals surface area contributed by atoms with E-state index in [9.17, 15) is 4.79 Å². The lowest BCUT2D eigenvalue weighted by molar-refractivity contribution is -0.125. The second-order valence-electron chi connectivity index (χ2n) is 9.40. The largest absolute Gasteiger partial charge is 0.365 e. The highest BCUT2D eigenvalue weighted by Crippen LogP contribution is 2.44. The fourth-order valence-corrected chi connectivity index (χ4v) is 4.08. The number of benzene rings is 2. The van der Waals surface area contributed by atoms with Crippen molar-refractivity contribution in [3.8, 4) is 11.3 Å². The first-order valence-electron chi connectivity index (χ1n) is 10.9. The van der Waals surface area contributed by atoms with Crippen molar-refractivity contribution >= 4 is 23.2 Å². The van der Waals surface area contributed by atoms with Crippen molar-refractivity contribution in [3.05, 3.63) is 66.2 Å². The molecule has 1 saturated carbocycles. The van der Waals surface area contributed by atoms with E-state index in [2.05, 4.69) is 48.5 Å². The van der Waals surface area contributed by atoms with Crippen LogP contribution >= 0.6 is 0 Å². The Hall–Kier alpha value is -3.21. The summed E-state index contributed by atoms with van der Waals surface area (Å²) < 4.78 is 0. The molecule has 0 bridgehead atoms. The minimum Gasteiger partial charge on any atom is -0.365 e. The summed E-state index contributed by atoms with van der Waals surface area (Å²) in [7, 11) is 0. The van der Waals surface area contributed by atoms with Crippen LogP contribution < -0.4 is 10.6 Å². The number of ketones is 1. The van der Waals surface area contributed by atoms with Gasteiger partial charge in [-0.25, -0.2) is 4.98 Å². The summed E-state index contributed by atoms with van der Waals surface area (Å²) in [5.74, 6) is 1.56. The van der Waals surface area contributed by atoms with Crippen molar-refractivity contribution in [2.45, 2.75) is 57.9 Å². The summed E-state index contributed by atoms with van der Waals surface area (Å²) in [4.78, 5) is 21.6. The van der Waals surface area contributed by atoms with Gasteiger partial charge in [-0.1, -0.05) is 48.9 Å². The van der Waals surface area contributed by atoms with Crippen molar-refractivity contribution in [2.24, 2.45) is 0 Å². The molecule has 1 fully saturated rings. The minimum absolute atomic E-state index is 0.120. The molecule has 5 nitrogen and oxygen atoms in total. The van der Waals surface area contributed by atoms with Gasteiger partial charge < -0.3 is 10.6 Å². The zero-order valence-electron chi connectivity index (χ0n) is 18.7. The molecular formula is C26H30N4O. The molecule has 3 aromatic rings. The predicted octanol–water partition coefficient (Wildman–Crippen LogP) is 6.11. The molecule has 2 aromatic carbocycles. The molecule has 0 amide bonds. The highest BCUT2D eigenvalue weighted by atomic mass is 16.1. The van der Waals surface area contributed by atoms with Crippen LogP contribution in [0.3, 0.4) is 0 Å². The maximum atomic E-state index is 12.2. The maximum Gasteiger partial charge on any atom is 0.229 e. The van der Waals surface area contributed by atoms with Gasteiger partial charge in [-0.3, -0.25) is 4.79 Å². The van der Waals surface area contributed by atoms with E-state index in [1.807, 2.05) is 48.5 Å². The SMILES string of the molecule is CC(=O)C1(c2ccc(Nc3nc(NC(C)(C)C)cc(-c4ccccc4)n3)cc2)CCC1. The Balaban J connectivity index is 1.63. The molecule has 31 heavy (non-hydrogen) atoms. The lowest BCUT2D eigenvalue weighted by Gasteiger charge is -2.40. The molecule has 0 radical (unpaired) electrons. The quantitative estimate of drug-likeness (QED) is 0.509. The topological polar surface area (TPSA) is 66.9 Å². The average molecular weight is 415 g/mol. The Kier molecular flexibility index (Phi) is 5.52. The van der Waals surface area contributed by atoms with E-state index in [0.717, 1.165) is 47.6 Å². The molecule has 160 valence electrons. The van der Waals surface area contributed by atoms with Crippen molar-refractivity contribution in [3.63, 3.8) is 0 Å². The van der Waals surface area contributed by atoms with Crippen molar-refractivity contribution in [1.29, 1.82) is 0 Å². The van der Waals surface area contributed by atoms with Gasteiger partial charge in [-0.05, 0) is 58.2 Å². The first-order valence-corrected chi connectivity index (χ1v) is 10.9. The molecule has 2 N–H and O–H groups in total. The van der Waals surface area contributed by atoms with Crippen LogP contribution in [-0.4, -0.2) is 21.3 Å². The fraction of sp³-hybridized carbons (Fsp3) is 0.346. The van der Waals surface area contributed by atoms with Gasteiger partial charge in [-0.2, -0.15) is 4.98 Å². The third-order valence-electron chi connectivity index (χ3n) is 5.87. The van der Waals surface area contributed by atoms with E-state index >= 15 is 0 Å². The number of nitrogens with zero attached hydrogens (tertiary/aromatic N) is 2. The van der Waals surface area contributed by atoms with Gasteiger partial charge in [0.05, 0.1) is 11.1 Å². The highest BCUT2D eigenvalue weighted by Gasteiger charge is 2.42. The van der Waals surface area contributed by atoms with Gasteiger partial charge in [0.1, 0.15) is 11.6 Å². The van der Waals surface area contributed by atoms with Crippen molar-refractivity contribution < 1.29 is 4.79 Å². The van der Waals surface area contributed by atoms with Gasteiger partial charge >= 0.3 is 0 Å². The number of nitrogens with one attached hydrogen (secondary N) is 2. The van der Waals surface area contributed by atoms with Gasteiger partial charge in [0.25, 0.3) is 0 Å². The summed E-state index contributed by atoms with van der Waals surface area (Å²) in [5, 5.41) is 6.78. The number of Topliss-reactive ketones (excluding diaryl/α,β-unsaturated/α-hetero) is 1. The molecule has 0 unspecified atom stereocenters. The van der Waals surface area contributed by atoms with E-state index in [4.69, 9.17) is 4.98 Å². The molecule has 1 aromatic heterocycles. The van der Waals surface area contributed by atoms with E-state index in [1.54, 1.807) is 6.92 Å². The summed E-state index contributed by atoms with van der Waals surface area (Å²) in [6.07, 6.45) is 3.00. The molecule has 1 aliphatic carbocycles. The molecule has 0 atom stereocenters. The smallest absolute Gasteiger partial charge is 0.229 e. The van der Waals surface area contributed by atoms with Gasteiger partial charge in [0.2, 0.25) is 5.95 Å². The Morgan fingerprint density at radius 2 is 1.65 bits per heavy atom. The third kappa shape index (κ3) is 4.61. The van der Waals surface area contributed by atoms with Crippen LogP contribution in [0.4, 0.5) is 17.5 Å². The van der Waals surface area contributed by atoms with Crippen molar-refractivity contribution in [1.82, 2.24) is 9.97 Å². The highest BCUT2D eigenvalue weighted by molar-refractivity contribution is 5.89. The second kappa shape index (κ2) is 8.14. The zero-order chi connectivity index (χ0) is 22.1. The number of hydrogen-bond donors (Lipinski definition) is 2. The standard InChI is InChI=1S/C26H30N4O/c1-18(31)26(15-8-16-26)20-11-13-21(14-12-20)27-24-28-22(19-9-6-5-7-10-19)17-23(29-24)30-25(2,3)4/h5-7,9-14,17H,8,15-16H2,1-4H3,(H2,27,28,29,30). The molecule has 0 saturated heterocycles. The minimum atomic E-state index is -0.286. The van der Waals surface area contributed by atoms with Crippen LogP contribution in [0.1, 0.15) is 52.5 Å². The molecular weight excluding hydrogens is 384 g/mol. The van der Waals surface area contributed by atoms with Crippen LogP contribution in [0, 0.1) is 0 Å². The van der Waals surface area contributed by atoms with E-state index < -0.39 is 0 Å². The first-order chi connectivity index (χ1) is 14.7. The summed E-state index contributed by atoms with van der Waals surface area (Å²) in [5.41, 5.74) is 3.48. The van der Waals surface area contributed by atoms with Crippen LogP contribution in [0.5, 0.6) is 0 Å². The normalized spacial score (nSPS) is 15.1. The van der Waals surface area contributed by atoms with E-state index in [1.165, 1.54) is 0 Å². The fourth-order valence-electron chi connectivity index (χ4n) is 4.08. The number of rotatable bonds is 6. The maximum absolute atomic E-state index is 12.2. The lowest BCUT2D eigenvalue weighted by Crippen LogP contribution is -2.40. The van der Waals surface area contributed by atoms with Crippen LogP contribution in [0.25, 0.3) is 11.3 Å². The Bertz CT molecular complexity index is 1060. The van der Waals surface area contributed by atoms with Crippen LogP contribution in [-0.2, 0) is 10.2 Å². The second-order valence-corrected chi connectivity index (χ2v) is 9.40. The molecule has 5 heteroatoms. The number of carbonyl (C=O) groups excluding carboxylic acids is 1. The van der Waals surface area contributed by atoms with Gasteiger partial charge in [-0.15, -0.1) is 0 Å². The van der Waals surface area contributed by atoms with Crippen LogP contribution in [0.2, 0.25) is 0 Å². The van der Waals surface area contributed by atoms with E-state index in [0.29, 0.717) is 5.95 Å². The number of hydrogen-bond acceptors (Lipinski definition) is 5. The molecule has 1 heterocycles. The van der Waals surface area contributed by atoms with Gasteiger partial charge in [0, 0.05) is 22.9 Å². The molecule has 0 aliphatic heterocycles. The zero-order valence-corrected chi connectivity index (χ0v) is 18.7. The Morgan fingerprint density at radius 1 is 0.968 bits per heavy atom. The summed E-state index contributed by atoms with van der Waals surface area (Å²) in [6.45, 7) is 8.02. The molecule has 0 spiro atoms. The van der Waals surface area contributed by atoms with Crippen molar-refractivity contribution in [2.75, 3.05) is 10.6 Å². The number of anilines is 3. The third-order valence-corrected chi connectivity index (χ3v) is 5.87. The average Bonchev–Trinajstić information content (AvgIpc) is 2.67. The molecule has 4 rings (SSSR count). The monoisotopic (exact) mass is 414 g/mol. The summed E-state index contributed by atoms with van der Waals surface area (Å²) in [6, 6.07) is 20.2. The summed E-state index contributed by atoms with van der Waals surface area (Å²) >= 11 is 0. The lowest BCUT2D eigenvalue weighted by atomic mass is 9.62. The predicted molar refractivity (Wildman–Crippen MR) is 127 cm³/mol. The number of aromatic nitrogens is 2.